The Morgan fingerprint density at radius 3 is 2.71 bits per heavy atom. The lowest BCUT2D eigenvalue weighted by Crippen LogP contribution is -2.19. The summed E-state index contributed by atoms with van der Waals surface area (Å²) in [5, 5.41) is 16.3. The van der Waals surface area contributed by atoms with E-state index in [2.05, 4.69) is 15.9 Å². The van der Waals surface area contributed by atoms with Crippen molar-refractivity contribution in [3.63, 3.8) is 0 Å². The maximum absolute atomic E-state index is 13.5. The van der Waals surface area contributed by atoms with Crippen LogP contribution in [0.4, 0.5) is 4.39 Å². The van der Waals surface area contributed by atoms with Crippen molar-refractivity contribution in [3.8, 4) is 0 Å². The van der Waals surface area contributed by atoms with Gasteiger partial charge in [0.2, 0.25) is 0 Å². The molecule has 0 radical (unpaired) electrons. The fraction of sp³-hybridized carbons (Fsp3) is 0.333. The number of halogens is 2. The van der Waals surface area contributed by atoms with E-state index in [0.717, 1.165) is 0 Å². The summed E-state index contributed by atoms with van der Waals surface area (Å²) < 4.78 is 14.2. The number of rotatable bonds is 5. The maximum Gasteiger partial charge on any atom is 0.307 e. The summed E-state index contributed by atoms with van der Waals surface area (Å²) in [6.07, 6.45) is 0.246. The average Bonchev–Trinajstić information content (AvgIpc) is 2.19. The fourth-order valence-corrected chi connectivity index (χ4v) is 1.90. The zero-order valence-electron chi connectivity index (χ0n) is 9.34. The van der Waals surface area contributed by atoms with Gasteiger partial charge in [-0.25, -0.2) is 4.39 Å². The van der Waals surface area contributed by atoms with Crippen LogP contribution in [-0.4, -0.2) is 16.8 Å². The van der Waals surface area contributed by atoms with Crippen molar-refractivity contribution >= 4 is 27.6 Å². The molecule has 2 N–H and O–H groups in total. The molecule has 0 aliphatic heterocycles. The molecule has 17 heavy (non-hydrogen) atoms. The first-order valence-corrected chi connectivity index (χ1v) is 5.90. The van der Waals surface area contributed by atoms with Crippen LogP contribution in [0.25, 0.3) is 0 Å². The molecule has 1 unspecified atom stereocenters. The van der Waals surface area contributed by atoms with Crippen molar-refractivity contribution in [1.82, 2.24) is 0 Å². The van der Waals surface area contributed by atoms with Crippen LogP contribution in [0.3, 0.4) is 0 Å². The van der Waals surface area contributed by atoms with Crippen LogP contribution in [0, 0.1) is 17.1 Å². The molecule has 0 saturated heterocycles. The molecule has 0 bridgehead atoms. The van der Waals surface area contributed by atoms with Crippen molar-refractivity contribution < 1.29 is 14.3 Å². The number of carbonyl (C=O) groups is 1. The summed E-state index contributed by atoms with van der Waals surface area (Å²) in [6.45, 7) is 1.55. The summed E-state index contributed by atoms with van der Waals surface area (Å²) >= 11 is 3.14. The lowest BCUT2D eigenvalue weighted by molar-refractivity contribution is -0.141. The van der Waals surface area contributed by atoms with Gasteiger partial charge < -0.3 is 10.5 Å². The molecule has 0 fully saturated rings. The zero-order valence-corrected chi connectivity index (χ0v) is 10.9. The highest BCUT2D eigenvalue weighted by Gasteiger charge is 2.20. The SMILES string of the molecule is CC(=N)CC(Cc1ccc(Br)cc1F)C(=O)O. The number of carboxylic acids is 1. The molecule has 0 aliphatic carbocycles. The van der Waals surface area contributed by atoms with Gasteiger partial charge in [-0.2, -0.15) is 0 Å². The van der Waals surface area contributed by atoms with Crippen LogP contribution in [0.1, 0.15) is 18.9 Å². The molecule has 0 amide bonds. The van der Waals surface area contributed by atoms with Crippen molar-refractivity contribution in [1.29, 1.82) is 5.41 Å². The van der Waals surface area contributed by atoms with Crippen LogP contribution in [0.5, 0.6) is 0 Å². The molecule has 92 valence electrons. The molecule has 0 spiro atoms. The van der Waals surface area contributed by atoms with Gasteiger partial charge in [0, 0.05) is 10.2 Å². The van der Waals surface area contributed by atoms with Crippen LogP contribution in [0.2, 0.25) is 0 Å². The Morgan fingerprint density at radius 2 is 2.24 bits per heavy atom. The second kappa shape index (κ2) is 5.91. The molecular formula is C12H13BrFNO2. The number of hydrogen-bond donors (Lipinski definition) is 2. The summed E-state index contributed by atoms with van der Waals surface area (Å²) in [7, 11) is 0. The van der Waals surface area contributed by atoms with E-state index in [1.54, 1.807) is 19.1 Å². The lowest BCUT2D eigenvalue weighted by Gasteiger charge is -2.12. The quantitative estimate of drug-likeness (QED) is 0.820. The molecule has 1 aromatic rings. The topological polar surface area (TPSA) is 61.2 Å². The third-order valence-corrected chi connectivity index (χ3v) is 2.88. The Morgan fingerprint density at radius 1 is 1.59 bits per heavy atom. The van der Waals surface area contributed by atoms with Gasteiger partial charge in [0.25, 0.3) is 0 Å². The van der Waals surface area contributed by atoms with E-state index in [0.29, 0.717) is 10.0 Å². The second-order valence-electron chi connectivity index (χ2n) is 3.96. The highest BCUT2D eigenvalue weighted by atomic mass is 79.9. The van der Waals surface area contributed by atoms with Gasteiger partial charge in [0.15, 0.2) is 0 Å². The number of carboxylic acid groups (broad SMARTS) is 1. The molecule has 0 heterocycles. The lowest BCUT2D eigenvalue weighted by atomic mass is 9.94. The van der Waals surface area contributed by atoms with E-state index in [-0.39, 0.29) is 18.6 Å². The smallest absolute Gasteiger partial charge is 0.307 e. The van der Waals surface area contributed by atoms with Gasteiger partial charge >= 0.3 is 5.97 Å². The van der Waals surface area contributed by atoms with E-state index >= 15 is 0 Å². The van der Waals surface area contributed by atoms with Crippen LogP contribution in [-0.2, 0) is 11.2 Å². The first kappa shape index (κ1) is 13.8. The minimum Gasteiger partial charge on any atom is -0.481 e. The maximum atomic E-state index is 13.5. The van der Waals surface area contributed by atoms with E-state index < -0.39 is 17.7 Å². The Hall–Kier alpha value is -1.23. The van der Waals surface area contributed by atoms with Gasteiger partial charge in [-0.3, -0.25) is 4.79 Å². The second-order valence-corrected chi connectivity index (χ2v) is 4.88. The van der Waals surface area contributed by atoms with Crippen LogP contribution < -0.4 is 0 Å². The highest BCUT2D eigenvalue weighted by molar-refractivity contribution is 9.10. The predicted octanol–water partition coefficient (Wildman–Crippen LogP) is 3.26. The van der Waals surface area contributed by atoms with Gasteiger partial charge in [0.1, 0.15) is 5.82 Å². The van der Waals surface area contributed by atoms with E-state index in [9.17, 15) is 9.18 Å². The first-order valence-electron chi connectivity index (χ1n) is 5.11. The summed E-state index contributed by atoms with van der Waals surface area (Å²) in [5.74, 6) is -2.17. The minimum atomic E-state index is -1.00. The predicted molar refractivity (Wildman–Crippen MR) is 66.9 cm³/mol. The largest absolute Gasteiger partial charge is 0.481 e. The monoisotopic (exact) mass is 301 g/mol. The van der Waals surface area contributed by atoms with Crippen molar-refractivity contribution in [2.45, 2.75) is 19.8 Å². The standard InChI is InChI=1S/C12H13BrFNO2/c1-7(15)4-9(12(16)17)5-8-2-3-10(13)6-11(8)14/h2-3,6,9,15H,4-5H2,1H3,(H,16,17). The van der Waals surface area contributed by atoms with Gasteiger partial charge in [-0.1, -0.05) is 22.0 Å². The molecule has 1 aromatic carbocycles. The molecule has 3 nitrogen and oxygen atoms in total. The number of nitrogens with one attached hydrogen (secondary N) is 1. The molecule has 5 heteroatoms. The normalized spacial score (nSPS) is 12.2. The molecule has 0 aliphatic rings. The highest BCUT2D eigenvalue weighted by Crippen LogP contribution is 2.20. The van der Waals surface area contributed by atoms with Gasteiger partial charge in [0.05, 0.1) is 5.92 Å². The molecule has 1 rings (SSSR count). The number of hydrogen-bond acceptors (Lipinski definition) is 2. The molecular weight excluding hydrogens is 289 g/mol. The fourth-order valence-electron chi connectivity index (χ4n) is 1.57. The van der Waals surface area contributed by atoms with E-state index in [1.807, 2.05) is 0 Å². The minimum absolute atomic E-state index is 0.102. The Balaban J connectivity index is 2.86. The van der Waals surface area contributed by atoms with Crippen molar-refractivity contribution in [3.05, 3.63) is 34.1 Å². The summed E-state index contributed by atoms with van der Waals surface area (Å²) in [6, 6.07) is 4.55. The van der Waals surface area contributed by atoms with E-state index in [4.69, 9.17) is 10.5 Å². The Bertz CT molecular complexity index is 448. The third-order valence-electron chi connectivity index (χ3n) is 2.38. The van der Waals surface area contributed by atoms with Crippen LogP contribution >= 0.6 is 15.9 Å². The Kier molecular flexibility index (Phi) is 4.81. The first-order chi connectivity index (χ1) is 7.90. The Labute approximate surface area is 107 Å². The molecule has 1 atom stereocenters. The number of benzene rings is 1. The summed E-state index contributed by atoms with van der Waals surface area (Å²) in [4.78, 5) is 11.0. The molecule has 0 saturated carbocycles. The summed E-state index contributed by atoms with van der Waals surface area (Å²) in [5.41, 5.74) is 0.650. The van der Waals surface area contributed by atoms with Crippen LogP contribution in [0.15, 0.2) is 22.7 Å². The van der Waals surface area contributed by atoms with Gasteiger partial charge in [-0.05, 0) is 37.5 Å². The van der Waals surface area contributed by atoms with Crippen molar-refractivity contribution in [2.24, 2.45) is 5.92 Å². The number of aliphatic carboxylic acids is 1. The molecule has 0 aromatic heterocycles. The van der Waals surface area contributed by atoms with Gasteiger partial charge in [-0.15, -0.1) is 0 Å². The van der Waals surface area contributed by atoms with Crippen molar-refractivity contribution in [2.75, 3.05) is 0 Å². The zero-order chi connectivity index (χ0) is 13.0. The third kappa shape index (κ3) is 4.26. The average molecular weight is 302 g/mol. The van der Waals surface area contributed by atoms with E-state index in [1.165, 1.54) is 6.07 Å².